The molecule has 0 aliphatic heterocycles. The molecule has 0 aromatic heterocycles. The molecule has 0 fully saturated rings. The van der Waals surface area contributed by atoms with Crippen LogP contribution in [0.3, 0.4) is 0 Å². The van der Waals surface area contributed by atoms with Gasteiger partial charge in [-0.05, 0) is 25.5 Å². The summed E-state index contributed by atoms with van der Waals surface area (Å²) in [4.78, 5) is 11.9. The second-order valence-electron chi connectivity index (χ2n) is 4.42. The maximum Gasteiger partial charge on any atom is 0.328 e. The van der Waals surface area contributed by atoms with Crippen LogP contribution < -0.4 is 5.32 Å². The van der Waals surface area contributed by atoms with Crippen LogP contribution in [0.2, 0.25) is 5.02 Å². The maximum absolute atomic E-state index is 11.9. The molecule has 0 radical (unpaired) electrons. The van der Waals surface area contributed by atoms with Crippen LogP contribution in [0.5, 0.6) is 0 Å². The minimum absolute atomic E-state index is 0.210. The van der Waals surface area contributed by atoms with E-state index in [-0.39, 0.29) is 12.0 Å². The standard InChI is InChI=1S/C15H22ClNO2/c1-3-5-6-11-14(15(18)19-4-2)17-13-10-8-7-9-12(13)16/h7-10,14,17H,3-6,11H2,1-2H3. The summed E-state index contributed by atoms with van der Waals surface area (Å²) in [5.74, 6) is -0.210. The fourth-order valence-corrected chi connectivity index (χ4v) is 2.05. The third-order valence-corrected chi connectivity index (χ3v) is 3.20. The van der Waals surface area contributed by atoms with E-state index in [0.29, 0.717) is 11.6 Å². The first-order valence-corrected chi connectivity index (χ1v) is 7.24. The fourth-order valence-electron chi connectivity index (χ4n) is 1.86. The number of nitrogens with one attached hydrogen (secondary N) is 1. The third-order valence-electron chi connectivity index (χ3n) is 2.87. The molecule has 106 valence electrons. The molecule has 1 unspecified atom stereocenters. The van der Waals surface area contributed by atoms with Crippen LogP contribution in [-0.2, 0) is 9.53 Å². The number of anilines is 1. The number of hydrogen-bond donors (Lipinski definition) is 1. The summed E-state index contributed by atoms with van der Waals surface area (Å²) in [5.41, 5.74) is 0.777. The van der Waals surface area contributed by atoms with E-state index in [1.54, 1.807) is 6.07 Å². The van der Waals surface area contributed by atoms with Gasteiger partial charge in [-0.2, -0.15) is 0 Å². The Kier molecular flexibility index (Phi) is 7.34. The molecule has 0 heterocycles. The predicted octanol–water partition coefficient (Wildman–Crippen LogP) is 4.26. The highest BCUT2D eigenvalue weighted by molar-refractivity contribution is 6.33. The van der Waals surface area contributed by atoms with Crippen LogP contribution >= 0.6 is 11.6 Å². The van der Waals surface area contributed by atoms with Crippen LogP contribution in [0.25, 0.3) is 0 Å². The van der Waals surface area contributed by atoms with Gasteiger partial charge < -0.3 is 10.1 Å². The topological polar surface area (TPSA) is 38.3 Å². The van der Waals surface area contributed by atoms with Crippen molar-refractivity contribution in [1.29, 1.82) is 0 Å². The SMILES string of the molecule is CCCCCC(Nc1ccccc1Cl)C(=O)OCC. The van der Waals surface area contributed by atoms with Crippen molar-refractivity contribution >= 4 is 23.3 Å². The van der Waals surface area contributed by atoms with Crippen molar-refractivity contribution in [2.45, 2.75) is 45.6 Å². The smallest absolute Gasteiger partial charge is 0.328 e. The second kappa shape index (κ2) is 8.81. The lowest BCUT2D eigenvalue weighted by Crippen LogP contribution is -2.31. The fraction of sp³-hybridized carbons (Fsp3) is 0.533. The zero-order valence-corrected chi connectivity index (χ0v) is 12.4. The van der Waals surface area contributed by atoms with E-state index in [4.69, 9.17) is 16.3 Å². The van der Waals surface area contributed by atoms with Gasteiger partial charge in [0.15, 0.2) is 0 Å². The zero-order chi connectivity index (χ0) is 14.1. The lowest BCUT2D eigenvalue weighted by molar-refractivity contribution is -0.144. The van der Waals surface area contributed by atoms with Crippen LogP contribution in [-0.4, -0.2) is 18.6 Å². The maximum atomic E-state index is 11.9. The van der Waals surface area contributed by atoms with Crippen molar-refractivity contribution < 1.29 is 9.53 Å². The molecule has 0 amide bonds. The highest BCUT2D eigenvalue weighted by Gasteiger charge is 2.19. The lowest BCUT2D eigenvalue weighted by Gasteiger charge is -2.19. The Morgan fingerprint density at radius 1 is 1.32 bits per heavy atom. The molecule has 1 rings (SSSR count). The molecule has 0 saturated heterocycles. The molecule has 0 spiro atoms. The summed E-state index contributed by atoms with van der Waals surface area (Å²) < 4.78 is 5.10. The first kappa shape index (κ1) is 15.8. The predicted molar refractivity (Wildman–Crippen MR) is 79.6 cm³/mol. The number of ether oxygens (including phenoxy) is 1. The van der Waals surface area contributed by atoms with Crippen LogP contribution in [0.4, 0.5) is 5.69 Å². The quantitative estimate of drug-likeness (QED) is 0.572. The average Bonchev–Trinajstić information content (AvgIpc) is 2.40. The Bertz CT molecular complexity index is 395. The summed E-state index contributed by atoms with van der Waals surface area (Å²) >= 11 is 6.10. The molecular weight excluding hydrogens is 262 g/mol. The van der Waals surface area contributed by atoms with E-state index >= 15 is 0 Å². The molecule has 0 saturated carbocycles. The van der Waals surface area contributed by atoms with Crippen LogP contribution in [0.1, 0.15) is 39.5 Å². The number of para-hydroxylation sites is 1. The van der Waals surface area contributed by atoms with E-state index in [2.05, 4.69) is 12.2 Å². The first-order valence-electron chi connectivity index (χ1n) is 6.86. The molecule has 1 aromatic carbocycles. The largest absolute Gasteiger partial charge is 0.464 e. The highest BCUT2D eigenvalue weighted by atomic mass is 35.5. The molecule has 0 aliphatic carbocycles. The van der Waals surface area contributed by atoms with Gasteiger partial charge in [-0.1, -0.05) is 49.9 Å². The number of rotatable bonds is 8. The second-order valence-corrected chi connectivity index (χ2v) is 4.83. The van der Waals surface area contributed by atoms with E-state index in [0.717, 1.165) is 31.4 Å². The summed E-state index contributed by atoms with van der Waals surface area (Å²) in [7, 11) is 0. The van der Waals surface area contributed by atoms with Crippen molar-refractivity contribution in [2.24, 2.45) is 0 Å². The molecular formula is C15H22ClNO2. The zero-order valence-electron chi connectivity index (χ0n) is 11.6. The van der Waals surface area contributed by atoms with Gasteiger partial charge in [0.05, 0.1) is 17.3 Å². The van der Waals surface area contributed by atoms with Gasteiger partial charge in [0.25, 0.3) is 0 Å². The Balaban J connectivity index is 2.67. The molecule has 1 N–H and O–H groups in total. The summed E-state index contributed by atoms with van der Waals surface area (Å²) in [6.45, 7) is 4.35. The number of hydrogen-bond acceptors (Lipinski definition) is 3. The van der Waals surface area contributed by atoms with Gasteiger partial charge in [-0.15, -0.1) is 0 Å². The molecule has 3 nitrogen and oxygen atoms in total. The number of unbranched alkanes of at least 4 members (excludes halogenated alkanes) is 2. The first-order chi connectivity index (χ1) is 9.19. The minimum Gasteiger partial charge on any atom is -0.464 e. The number of benzene rings is 1. The van der Waals surface area contributed by atoms with E-state index < -0.39 is 0 Å². The molecule has 1 aromatic rings. The van der Waals surface area contributed by atoms with Crippen molar-refractivity contribution in [3.05, 3.63) is 29.3 Å². The Hall–Kier alpha value is -1.22. The highest BCUT2D eigenvalue weighted by Crippen LogP contribution is 2.22. The summed E-state index contributed by atoms with van der Waals surface area (Å²) in [5, 5.41) is 3.80. The number of carbonyl (C=O) groups excluding carboxylic acids is 1. The summed E-state index contributed by atoms with van der Waals surface area (Å²) in [6, 6.07) is 7.10. The van der Waals surface area contributed by atoms with Gasteiger partial charge >= 0.3 is 5.97 Å². The molecule has 4 heteroatoms. The third kappa shape index (κ3) is 5.52. The Morgan fingerprint density at radius 2 is 2.05 bits per heavy atom. The number of carbonyl (C=O) groups is 1. The van der Waals surface area contributed by atoms with Gasteiger partial charge in [0.1, 0.15) is 6.04 Å². The molecule has 0 aliphatic rings. The Morgan fingerprint density at radius 3 is 2.68 bits per heavy atom. The lowest BCUT2D eigenvalue weighted by atomic mass is 10.1. The monoisotopic (exact) mass is 283 g/mol. The molecule has 1 atom stereocenters. The van der Waals surface area contributed by atoms with Crippen molar-refractivity contribution in [3.8, 4) is 0 Å². The Labute approximate surface area is 120 Å². The van der Waals surface area contributed by atoms with E-state index in [1.807, 2.05) is 25.1 Å². The molecule has 19 heavy (non-hydrogen) atoms. The van der Waals surface area contributed by atoms with Crippen molar-refractivity contribution in [1.82, 2.24) is 0 Å². The van der Waals surface area contributed by atoms with Crippen molar-refractivity contribution in [3.63, 3.8) is 0 Å². The summed E-state index contributed by atoms with van der Waals surface area (Å²) in [6.07, 6.45) is 4.00. The van der Waals surface area contributed by atoms with Crippen molar-refractivity contribution in [2.75, 3.05) is 11.9 Å². The average molecular weight is 284 g/mol. The van der Waals surface area contributed by atoms with Gasteiger partial charge in [0, 0.05) is 0 Å². The van der Waals surface area contributed by atoms with Crippen LogP contribution in [0, 0.1) is 0 Å². The minimum atomic E-state index is -0.327. The van der Waals surface area contributed by atoms with Gasteiger partial charge in [0.2, 0.25) is 0 Å². The van der Waals surface area contributed by atoms with E-state index in [9.17, 15) is 4.79 Å². The van der Waals surface area contributed by atoms with E-state index in [1.165, 1.54) is 0 Å². The molecule has 0 bridgehead atoms. The van der Waals surface area contributed by atoms with Crippen LogP contribution in [0.15, 0.2) is 24.3 Å². The van der Waals surface area contributed by atoms with Gasteiger partial charge in [-0.25, -0.2) is 4.79 Å². The normalized spacial score (nSPS) is 11.9. The number of halogens is 1. The number of esters is 1. The van der Waals surface area contributed by atoms with Gasteiger partial charge in [-0.3, -0.25) is 0 Å².